The number of aromatic hydroxyl groups is 8. The minimum absolute atomic E-state index is 0.00771. The summed E-state index contributed by atoms with van der Waals surface area (Å²) in [6.45, 7) is 0. The molecule has 2 aliphatic heterocycles. The molecule has 0 bridgehead atoms. The number of phenolic OH excluding ortho intramolecular Hbond substituents is 8. The summed E-state index contributed by atoms with van der Waals surface area (Å²) in [4.78, 5) is 0. The van der Waals surface area contributed by atoms with E-state index in [9.17, 15) is 51.1 Å². The fraction of sp³-hybridized carbons (Fsp3) is 0.200. The number of hydrogen-bond acceptors (Lipinski definition) is 12. The lowest BCUT2D eigenvalue weighted by Gasteiger charge is -2.39. The topological polar surface area (TPSA) is 221 Å². The van der Waals surface area contributed by atoms with Gasteiger partial charge in [-0.25, -0.2) is 0 Å². The summed E-state index contributed by atoms with van der Waals surface area (Å²) in [5.41, 5.74) is 0.333. The van der Waals surface area contributed by atoms with Crippen molar-refractivity contribution in [3.63, 3.8) is 0 Å². The number of phenols is 8. The lowest BCUT2D eigenvalue weighted by Crippen LogP contribution is -2.35. The van der Waals surface area contributed by atoms with Crippen LogP contribution in [-0.2, 0) is 6.42 Å². The Morgan fingerprint density at radius 1 is 0.548 bits per heavy atom. The van der Waals surface area contributed by atoms with Crippen molar-refractivity contribution in [1.82, 2.24) is 0 Å². The zero-order valence-corrected chi connectivity index (χ0v) is 21.6. The van der Waals surface area contributed by atoms with E-state index >= 15 is 0 Å². The van der Waals surface area contributed by atoms with Gasteiger partial charge in [-0.15, -0.1) is 0 Å². The van der Waals surface area contributed by atoms with Crippen LogP contribution < -0.4 is 9.47 Å². The molecule has 2 aliphatic rings. The number of fused-ring (bicyclic) bond motifs is 2. The van der Waals surface area contributed by atoms with Crippen molar-refractivity contribution in [1.29, 1.82) is 0 Å². The van der Waals surface area contributed by atoms with E-state index in [2.05, 4.69) is 0 Å². The van der Waals surface area contributed by atoms with Crippen LogP contribution in [0.1, 0.15) is 45.9 Å². The summed E-state index contributed by atoms with van der Waals surface area (Å²) in [5, 5.41) is 105. The lowest BCUT2D eigenvalue weighted by atomic mass is 9.77. The van der Waals surface area contributed by atoms with Gasteiger partial charge in [-0.3, -0.25) is 0 Å². The molecule has 0 saturated heterocycles. The number of hydrogen-bond donors (Lipinski definition) is 10. The largest absolute Gasteiger partial charge is 0.508 e. The second-order valence-electron chi connectivity index (χ2n) is 10.3. The molecule has 218 valence electrons. The lowest BCUT2D eigenvalue weighted by molar-refractivity contribution is 0.00573. The molecule has 0 radical (unpaired) electrons. The Morgan fingerprint density at radius 2 is 1.12 bits per heavy atom. The summed E-state index contributed by atoms with van der Waals surface area (Å²) in [6, 6.07) is 11.0. The van der Waals surface area contributed by atoms with E-state index in [0.29, 0.717) is 5.56 Å². The monoisotopic (exact) mass is 578 g/mol. The van der Waals surface area contributed by atoms with Gasteiger partial charge in [0.1, 0.15) is 46.7 Å². The highest BCUT2D eigenvalue weighted by Crippen LogP contribution is 2.56. The number of aliphatic hydroxyl groups is 2. The average Bonchev–Trinajstić information content (AvgIpc) is 2.93. The molecular weight excluding hydrogens is 552 g/mol. The van der Waals surface area contributed by atoms with Gasteiger partial charge < -0.3 is 60.5 Å². The molecule has 0 aromatic heterocycles. The van der Waals surface area contributed by atoms with E-state index < -0.39 is 64.8 Å². The molecule has 2 unspecified atom stereocenters. The second-order valence-corrected chi connectivity index (χ2v) is 10.3. The Kier molecular flexibility index (Phi) is 6.24. The van der Waals surface area contributed by atoms with Gasteiger partial charge in [0, 0.05) is 41.3 Å². The fourth-order valence-corrected chi connectivity index (χ4v) is 5.70. The molecule has 0 saturated carbocycles. The highest BCUT2D eigenvalue weighted by Gasteiger charge is 2.45. The van der Waals surface area contributed by atoms with Gasteiger partial charge >= 0.3 is 0 Å². The van der Waals surface area contributed by atoms with Crippen molar-refractivity contribution in [3.05, 3.63) is 82.4 Å². The third-order valence-corrected chi connectivity index (χ3v) is 7.69. The van der Waals surface area contributed by atoms with Gasteiger partial charge in [0.15, 0.2) is 29.1 Å². The first-order valence-corrected chi connectivity index (χ1v) is 12.8. The molecule has 42 heavy (non-hydrogen) atoms. The first-order chi connectivity index (χ1) is 19.9. The van der Waals surface area contributed by atoms with Crippen LogP contribution in [0.4, 0.5) is 0 Å². The summed E-state index contributed by atoms with van der Waals surface area (Å²) >= 11 is 0. The number of rotatable bonds is 3. The quantitative estimate of drug-likeness (QED) is 0.159. The molecule has 2 heterocycles. The average molecular weight is 579 g/mol. The van der Waals surface area contributed by atoms with Gasteiger partial charge in [-0.1, -0.05) is 12.1 Å². The normalized spacial score (nSPS) is 22.9. The van der Waals surface area contributed by atoms with Gasteiger partial charge in [0.25, 0.3) is 0 Å². The minimum atomic E-state index is -1.60. The third-order valence-electron chi connectivity index (χ3n) is 7.69. The summed E-state index contributed by atoms with van der Waals surface area (Å²) < 4.78 is 11.8. The SMILES string of the molecule is Oc1cc(O)c2c(c1)O[C@H](c1ccc(O)c(O)c1)C(O)[C@H]2c1c(O)cc2c(c1O)CC(O)[C@@H](c1ccc(O)c(O)c1)O2. The Bertz CT molecular complexity index is 1720. The summed E-state index contributed by atoms with van der Waals surface area (Å²) in [7, 11) is 0. The van der Waals surface area contributed by atoms with Crippen molar-refractivity contribution >= 4 is 0 Å². The molecule has 0 fully saturated rings. The minimum Gasteiger partial charge on any atom is -0.508 e. The standard InChI is InChI=1S/C30H26O12/c31-13-7-19(36)24-23(8-13)42-30(12-2-4-16(33)18(35)6-12)28(40)26(24)25-20(37)10-22-14(27(25)39)9-21(38)29(41-22)11-1-3-15(32)17(34)5-11/h1-8,10,21,26,28-40H,9H2/t21?,26-,28?,29-,30-/m1/s1. The molecule has 4 aromatic carbocycles. The van der Waals surface area contributed by atoms with Crippen LogP contribution in [0.2, 0.25) is 0 Å². The highest BCUT2D eigenvalue weighted by molar-refractivity contribution is 5.65. The Balaban J connectivity index is 1.47. The maximum absolute atomic E-state index is 11.6. The first-order valence-electron chi connectivity index (χ1n) is 12.8. The molecule has 0 spiro atoms. The van der Waals surface area contributed by atoms with Crippen molar-refractivity contribution in [3.8, 4) is 57.5 Å². The molecule has 0 aliphatic carbocycles. The van der Waals surface area contributed by atoms with Crippen LogP contribution in [0.15, 0.2) is 54.6 Å². The van der Waals surface area contributed by atoms with Crippen molar-refractivity contribution in [2.75, 3.05) is 0 Å². The fourth-order valence-electron chi connectivity index (χ4n) is 5.70. The van der Waals surface area contributed by atoms with E-state index in [0.717, 1.165) is 12.1 Å². The smallest absolute Gasteiger partial charge is 0.157 e. The van der Waals surface area contributed by atoms with Crippen LogP contribution >= 0.6 is 0 Å². The summed E-state index contributed by atoms with van der Waals surface area (Å²) in [6.07, 6.45) is -5.31. The second kappa shape index (κ2) is 9.72. The van der Waals surface area contributed by atoms with Gasteiger partial charge in [0.2, 0.25) is 0 Å². The van der Waals surface area contributed by atoms with E-state index in [1.165, 1.54) is 42.5 Å². The molecule has 12 nitrogen and oxygen atoms in total. The Morgan fingerprint density at radius 3 is 1.74 bits per heavy atom. The number of ether oxygens (including phenoxy) is 2. The first kappa shape index (κ1) is 27.0. The molecule has 4 aromatic rings. The molecule has 12 heteroatoms. The predicted octanol–water partition coefficient (Wildman–Crippen LogP) is 3.00. The van der Waals surface area contributed by atoms with Crippen LogP contribution in [0.5, 0.6) is 57.5 Å². The Labute approximate surface area is 237 Å². The Hall–Kier alpha value is -5.20. The van der Waals surface area contributed by atoms with Crippen molar-refractivity contribution < 1.29 is 60.5 Å². The van der Waals surface area contributed by atoms with Crippen molar-refractivity contribution in [2.45, 2.75) is 36.8 Å². The zero-order chi connectivity index (χ0) is 30.0. The molecule has 5 atom stereocenters. The molecule has 10 N–H and O–H groups in total. The van der Waals surface area contributed by atoms with Gasteiger partial charge in [-0.05, 0) is 35.4 Å². The number of benzene rings is 4. The maximum atomic E-state index is 11.6. The van der Waals surface area contributed by atoms with Crippen LogP contribution in [0.3, 0.4) is 0 Å². The number of aliphatic hydroxyl groups excluding tert-OH is 2. The van der Waals surface area contributed by atoms with Gasteiger partial charge in [-0.2, -0.15) is 0 Å². The zero-order valence-electron chi connectivity index (χ0n) is 21.6. The highest BCUT2D eigenvalue weighted by atomic mass is 16.5. The van der Waals surface area contributed by atoms with E-state index in [1.54, 1.807) is 0 Å². The summed E-state index contributed by atoms with van der Waals surface area (Å²) in [5.74, 6) is -5.07. The maximum Gasteiger partial charge on any atom is 0.157 e. The molecule has 6 rings (SSSR count). The van der Waals surface area contributed by atoms with Crippen LogP contribution in [0, 0.1) is 0 Å². The van der Waals surface area contributed by atoms with E-state index in [1.807, 2.05) is 0 Å². The van der Waals surface area contributed by atoms with Gasteiger partial charge in [0.05, 0.1) is 12.0 Å². The molecular formula is C30H26O12. The molecule has 0 amide bonds. The van der Waals surface area contributed by atoms with Crippen molar-refractivity contribution in [2.24, 2.45) is 0 Å². The van der Waals surface area contributed by atoms with Crippen LogP contribution in [0.25, 0.3) is 0 Å². The predicted molar refractivity (Wildman–Crippen MR) is 143 cm³/mol. The van der Waals surface area contributed by atoms with E-state index in [4.69, 9.17) is 9.47 Å². The van der Waals surface area contributed by atoms with Crippen LogP contribution in [-0.4, -0.2) is 63.3 Å². The third kappa shape index (κ3) is 4.24. The van der Waals surface area contributed by atoms with E-state index in [-0.39, 0.29) is 51.7 Å².